The molecule has 1 nitrogen and oxygen atoms in total. The lowest BCUT2D eigenvalue weighted by Gasteiger charge is -2.04. The molecule has 4 aromatic rings. The molecule has 94 valence electrons. The van der Waals surface area contributed by atoms with E-state index in [1.54, 1.807) is 0 Å². The quantitative estimate of drug-likeness (QED) is 0.322. The Balaban J connectivity index is 2.24. The lowest BCUT2D eigenvalue weighted by atomic mass is 9.97. The summed E-state index contributed by atoms with van der Waals surface area (Å²) in [5, 5.41) is 2.30. The molecule has 0 aliphatic carbocycles. The fraction of sp³-hybridized carbons (Fsp3) is 0. The summed E-state index contributed by atoms with van der Waals surface area (Å²) >= 11 is 0. The van der Waals surface area contributed by atoms with Crippen molar-refractivity contribution in [3.63, 3.8) is 0 Å². The van der Waals surface area contributed by atoms with Crippen LogP contribution in [0.4, 0.5) is 0 Å². The van der Waals surface area contributed by atoms with Crippen LogP contribution < -0.4 is 0 Å². The van der Waals surface area contributed by atoms with E-state index in [9.17, 15) is 0 Å². The number of hydrogen-bond donors (Lipinski definition) is 0. The highest BCUT2D eigenvalue weighted by atomic mass is 16.3. The van der Waals surface area contributed by atoms with Crippen molar-refractivity contribution in [1.29, 1.82) is 0 Å². The van der Waals surface area contributed by atoms with E-state index in [4.69, 9.17) is 4.42 Å². The van der Waals surface area contributed by atoms with Crippen molar-refractivity contribution in [3.05, 3.63) is 78.9 Å². The van der Waals surface area contributed by atoms with Gasteiger partial charge in [-0.2, -0.15) is 0 Å². The first kappa shape index (κ1) is 11.2. The molecular weight excluding hydrogens is 244 g/mol. The molecular formula is C19H13O+. The van der Waals surface area contributed by atoms with Crippen LogP contribution in [0, 0.1) is 0 Å². The molecule has 0 saturated heterocycles. The Labute approximate surface area is 117 Å². The first-order chi connectivity index (χ1) is 9.93. The third kappa shape index (κ3) is 1.68. The maximum absolute atomic E-state index is 6.01. The van der Waals surface area contributed by atoms with Crippen LogP contribution in [0.5, 0.6) is 0 Å². The minimum absolute atomic E-state index is 0.921. The molecule has 0 bridgehead atoms. The summed E-state index contributed by atoms with van der Waals surface area (Å²) in [4.78, 5) is 0. The van der Waals surface area contributed by atoms with Gasteiger partial charge < -0.3 is 0 Å². The second-order valence-electron chi connectivity index (χ2n) is 4.84. The summed E-state index contributed by atoms with van der Waals surface area (Å²) in [5.41, 5.74) is 4.30. The smallest absolute Gasteiger partial charge is 0.207 e. The van der Waals surface area contributed by atoms with E-state index < -0.39 is 0 Å². The Morgan fingerprint density at radius 3 is 1.60 bits per heavy atom. The van der Waals surface area contributed by atoms with E-state index in [1.165, 1.54) is 11.1 Å². The number of para-hydroxylation sites is 2. The van der Waals surface area contributed by atoms with Crippen molar-refractivity contribution >= 4 is 21.9 Å². The third-order valence-corrected chi connectivity index (χ3v) is 3.60. The summed E-state index contributed by atoms with van der Waals surface area (Å²) < 4.78 is 6.01. The van der Waals surface area contributed by atoms with Gasteiger partial charge in [0, 0.05) is 17.7 Å². The summed E-state index contributed by atoms with van der Waals surface area (Å²) in [7, 11) is 0. The highest BCUT2D eigenvalue weighted by Crippen LogP contribution is 2.35. The molecule has 0 saturated carbocycles. The Morgan fingerprint density at radius 2 is 1.00 bits per heavy atom. The SMILES string of the molecule is c1ccc(-c2c3ccccc3[o+]c3ccccc23)cc1. The monoisotopic (exact) mass is 257 g/mol. The Bertz CT molecular complexity index is 841. The molecule has 0 aliphatic rings. The standard InChI is InChI=1S/C19H13O/c1-2-8-14(9-3-1)19-15-10-4-6-12-17(15)20-18-13-7-5-11-16(18)19/h1-13H/q+1. The van der Waals surface area contributed by atoms with E-state index in [0.29, 0.717) is 0 Å². The molecule has 0 aliphatic heterocycles. The number of fused-ring (bicyclic) bond motifs is 2. The van der Waals surface area contributed by atoms with Crippen molar-refractivity contribution in [2.45, 2.75) is 0 Å². The van der Waals surface area contributed by atoms with Crippen LogP contribution in [0.25, 0.3) is 33.1 Å². The molecule has 0 amide bonds. The molecule has 4 rings (SSSR count). The van der Waals surface area contributed by atoms with Crippen LogP contribution in [0.3, 0.4) is 0 Å². The molecule has 20 heavy (non-hydrogen) atoms. The van der Waals surface area contributed by atoms with E-state index in [-0.39, 0.29) is 0 Å². The third-order valence-electron chi connectivity index (χ3n) is 3.60. The van der Waals surface area contributed by atoms with E-state index in [1.807, 2.05) is 30.3 Å². The topological polar surface area (TPSA) is 11.3 Å². The zero-order valence-electron chi connectivity index (χ0n) is 10.9. The summed E-state index contributed by atoms with van der Waals surface area (Å²) in [5.74, 6) is 0. The van der Waals surface area contributed by atoms with Gasteiger partial charge in [-0.3, -0.25) is 0 Å². The van der Waals surface area contributed by atoms with Gasteiger partial charge in [0.25, 0.3) is 0 Å². The first-order valence-corrected chi connectivity index (χ1v) is 6.72. The molecule has 0 spiro atoms. The zero-order valence-corrected chi connectivity index (χ0v) is 10.9. The second kappa shape index (κ2) is 4.46. The Morgan fingerprint density at radius 1 is 0.500 bits per heavy atom. The molecule has 0 atom stereocenters. The number of benzene rings is 3. The minimum atomic E-state index is 0.921. The second-order valence-corrected chi connectivity index (χ2v) is 4.84. The van der Waals surface area contributed by atoms with Crippen molar-refractivity contribution in [1.82, 2.24) is 0 Å². The van der Waals surface area contributed by atoms with Gasteiger partial charge in [0.2, 0.25) is 0 Å². The lowest BCUT2D eigenvalue weighted by molar-refractivity contribution is 0.661. The van der Waals surface area contributed by atoms with Gasteiger partial charge in [-0.1, -0.05) is 54.6 Å². The van der Waals surface area contributed by atoms with Gasteiger partial charge in [0.15, 0.2) is 0 Å². The molecule has 3 aromatic carbocycles. The fourth-order valence-electron chi connectivity index (χ4n) is 2.70. The summed E-state index contributed by atoms with van der Waals surface area (Å²) in [6.07, 6.45) is 0. The van der Waals surface area contributed by atoms with Crippen LogP contribution in [0.2, 0.25) is 0 Å². The summed E-state index contributed by atoms with van der Waals surface area (Å²) in [6, 6.07) is 26.9. The minimum Gasteiger partial charge on any atom is -0.207 e. The maximum Gasteiger partial charge on any atom is 0.361 e. The fourth-order valence-corrected chi connectivity index (χ4v) is 2.70. The van der Waals surface area contributed by atoms with Crippen molar-refractivity contribution in [2.24, 2.45) is 0 Å². The Kier molecular flexibility index (Phi) is 2.49. The average Bonchev–Trinajstić information content (AvgIpc) is 2.53. The van der Waals surface area contributed by atoms with Gasteiger partial charge in [0.1, 0.15) is 0 Å². The predicted octanol–water partition coefficient (Wildman–Crippen LogP) is 5.53. The van der Waals surface area contributed by atoms with Gasteiger partial charge in [-0.05, 0) is 17.7 Å². The van der Waals surface area contributed by atoms with Crippen LogP contribution >= 0.6 is 0 Å². The normalized spacial score (nSPS) is 11.0. The molecule has 1 heterocycles. The van der Waals surface area contributed by atoms with Crippen molar-refractivity contribution < 1.29 is 4.42 Å². The van der Waals surface area contributed by atoms with E-state index in [2.05, 4.69) is 48.5 Å². The van der Waals surface area contributed by atoms with Crippen LogP contribution in [-0.2, 0) is 0 Å². The van der Waals surface area contributed by atoms with Crippen molar-refractivity contribution in [3.8, 4) is 11.1 Å². The number of rotatable bonds is 1. The van der Waals surface area contributed by atoms with Crippen LogP contribution in [0.1, 0.15) is 0 Å². The van der Waals surface area contributed by atoms with Gasteiger partial charge >= 0.3 is 11.2 Å². The molecule has 0 radical (unpaired) electrons. The van der Waals surface area contributed by atoms with Crippen LogP contribution in [-0.4, -0.2) is 0 Å². The zero-order chi connectivity index (χ0) is 13.4. The highest BCUT2D eigenvalue weighted by Gasteiger charge is 2.18. The summed E-state index contributed by atoms with van der Waals surface area (Å²) in [6.45, 7) is 0. The van der Waals surface area contributed by atoms with E-state index in [0.717, 1.165) is 21.9 Å². The predicted molar refractivity (Wildman–Crippen MR) is 83.6 cm³/mol. The molecule has 0 fully saturated rings. The molecule has 0 N–H and O–H groups in total. The van der Waals surface area contributed by atoms with E-state index >= 15 is 0 Å². The first-order valence-electron chi connectivity index (χ1n) is 6.72. The highest BCUT2D eigenvalue weighted by molar-refractivity contribution is 6.07. The van der Waals surface area contributed by atoms with Crippen LogP contribution in [0.15, 0.2) is 83.3 Å². The molecule has 1 heteroatoms. The van der Waals surface area contributed by atoms with Gasteiger partial charge in [-0.15, -0.1) is 0 Å². The lowest BCUT2D eigenvalue weighted by Crippen LogP contribution is -1.84. The van der Waals surface area contributed by atoms with Crippen molar-refractivity contribution in [2.75, 3.05) is 0 Å². The Hall–Kier alpha value is -2.67. The van der Waals surface area contributed by atoms with Gasteiger partial charge in [-0.25, -0.2) is 4.42 Å². The van der Waals surface area contributed by atoms with Gasteiger partial charge in [0.05, 0.1) is 10.8 Å². The average molecular weight is 257 g/mol. The number of hydrogen-bond acceptors (Lipinski definition) is 0. The molecule has 1 aromatic heterocycles. The molecule has 0 unspecified atom stereocenters. The largest absolute Gasteiger partial charge is 0.361 e. The maximum atomic E-state index is 6.01.